The number of aliphatic imine (C=N–C) groups is 1. The molecule has 2 aromatic rings. The molecule has 9 heteroatoms. The largest absolute Gasteiger partial charge is 0.497 e. The van der Waals surface area contributed by atoms with E-state index < -0.39 is 0 Å². The number of nitrogens with one attached hydrogen (secondary N) is 2. The third-order valence-corrected chi connectivity index (χ3v) is 5.27. The zero-order valence-electron chi connectivity index (χ0n) is 19.6. The Morgan fingerprint density at radius 3 is 2.56 bits per heavy atom. The van der Waals surface area contributed by atoms with E-state index in [1.807, 2.05) is 37.3 Å². The molecular formula is C23H35IN6O2. The molecule has 1 saturated heterocycles. The van der Waals surface area contributed by atoms with Gasteiger partial charge in [-0.1, -0.05) is 6.07 Å². The lowest BCUT2D eigenvalue weighted by Gasteiger charge is -2.21. The second-order valence-electron chi connectivity index (χ2n) is 7.72. The molecule has 2 N–H and O–H groups in total. The molecule has 1 aliphatic rings. The normalized spacial score (nSPS) is 15.7. The Morgan fingerprint density at radius 2 is 1.94 bits per heavy atom. The summed E-state index contributed by atoms with van der Waals surface area (Å²) in [6, 6.07) is 10.3. The Hall–Kier alpha value is -2.43. The lowest BCUT2D eigenvalue weighted by Crippen LogP contribution is -2.44. The van der Waals surface area contributed by atoms with Gasteiger partial charge in [-0.2, -0.15) is 0 Å². The van der Waals surface area contributed by atoms with E-state index in [4.69, 9.17) is 14.5 Å². The number of nitrogens with zero attached hydrogens (tertiary/aromatic N) is 4. The number of hydrogen-bond acceptors (Lipinski definition) is 6. The van der Waals surface area contributed by atoms with Gasteiger partial charge in [-0.05, 0) is 19.4 Å². The zero-order chi connectivity index (χ0) is 22.2. The number of guanidine groups is 1. The van der Waals surface area contributed by atoms with E-state index in [1.165, 1.54) is 0 Å². The number of ether oxygens (including phenoxy) is 2. The average molecular weight is 554 g/mol. The number of rotatable bonds is 8. The van der Waals surface area contributed by atoms with Crippen LogP contribution in [0.15, 0.2) is 41.5 Å². The molecule has 1 fully saturated rings. The molecule has 1 aromatic carbocycles. The Kier molecular flexibility index (Phi) is 10.1. The number of halogens is 1. The van der Waals surface area contributed by atoms with Crippen molar-refractivity contribution >= 4 is 41.4 Å². The summed E-state index contributed by atoms with van der Waals surface area (Å²) in [5, 5.41) is 6.96. The van der Waals surface area contributed by atoms with Crippen molar-refractivity contribution in [2.75, 3.05) is 57.7 Å². The van der Waals surface area contributed by atoms with Crippen LogP contribution in [-0.4, -0.2) is 64.9 Å². The molecular weight excluding hydrogens is 519 g/mol. The van der Waals surface area contributed by atoms with Gasteiger partial charge in [0.25, 0.3) is 0 Å². The van der Waals surface area contributed by atoms with Gasteiger partial charge in [0.05, 0.1) is 20.8 Å². The Balaban J connectivity index is 0.00000363. The first kappa shape index (κ1) is 25.8. The first-order valence-electron chi connectivity index (χ1n) is 10.7. The van der Waals surface area contributed by atoms with Crippen molar-refractivity contribution in [2.45, 2.75) is 25.9 Å². The number of methoxy groups -OCH3 is 2. The van der Waals surface area contributed by atoms with Crippen molar-refractivity contribution in [1.29, 1.82) is 0 Å². The predicted molar refractivity (Wildman–Crippen MR) is 142 cm³/mol. The molecule has 8 nitrogen and oxygen atoms in total. The zero-order valence-corrected chi connectivity index (χ0v) is 21.9. The third-order valence-electron chi connectivity index (χ3n) is 5.27. The fourth-order valence-corrected chi connectivity index (χ4v) is 3.72. The quantitative estimate of drug-likeness (QED) is 0.295. The number of hydrogen-bond donors (Lipinski definition) is 2. The van der Waals surface area contributed by atoms with Gasteiger partial charge in [0.15, 0.2) is 5.96 Å². The van der Waals surface area contributed by atoms with E-state index in [-0.39, 0.29) is 24.0 Å². The van der Waals surface area contributed by atoms with Gasteiger partial charge >= 0.3 is 0 Å². The highest BCUT2D eigenvalue weighted by Gasteiger charge is 2.24. The Bertz CT molecular complexity index is 870. The lowest BCUT2D eigenvalue weighted by molar-refractivity contribution is 0.394. The summed E-state index contributed by atoms with van der Waals surface area (Å²) in [5.74, 6) is 3.37. The molecule has 0 bridgehead atoms. The van der Waals surface area contributed by atoms with E-state index in [0.717, 1.165) is 60.6 Å². The molecule has 0 amide bonds. The lowest BCUT2D eigenvalue weighted by atomic mass is 10.2. The molecule has 1 aliphatic heterocycles. The third kappa shape index (κ3) is 6.78. The summed E-state index contributed by atoms with van der Waals surface area (Å²) in [5.41, 5.74) is 2.20. The summed E-state index contributed by atoms with van der Waals surface area (Å²) in [4.78, 5) is 13.6. The number of anilines is 2. The van der Waals surface area contributed by atoms with Crippen LogP contribution in [0.25, 0.3) is 0 Å². The van der Waals surface area contributed by atoms with Gasteiger partial charge in [-0.25, -0.2) is 9.98 Å². The number of benzene rings is 1. The van der Waals surface area contributed by atoms with Crippen LogP contribution >= 0.6 is 24.0 Å². The van der Waals surface area contributed by atoms with Crippen LogP contribution in [0, 0.1) is 0 Å². The molecule has 0 radical (unpaired) electrons. The minimum absolute atomic E-state index is 0. The van der Waals surface area contributed by atoms with E-state index in [2.05, 4.69) is 45.6 Å². The van der Waals surface area contributed by atoms with Gasteiger partial charge in [0, 0.05) is 75.4 Å². The SMILES string of the molecule is CCNC(=NCc1cccnc1N(C)C)NC1CCN(c2cc(OC)cc(OC)c2)C1.I. The monoisotopic (exact) mass is 554 g/mol. The maximum atomic E-state index is 5.42. The summed E-state index contributed by atoms with van der Waals surface area (Å²) < 4.78 is 10.8. The maximum absolute atomic E-state index is 5.42. The van der Waals surface area contributed by atoms with Crippen LogP contribution in [0.1, 0.15) is 18.9 Å². The molecule has 1 unspecified atom stereocenters. The fraction of sp³-hybridized carbons (Fsp3) is 0.478. The molecule has 0 saturated carbocycles. The first-order valence-corrected chi connectivity index (χ1v) is 10.7. The van der Waals surface area contributed by atoms with Crippen molar-refractivity contribution < 1.29 is 9.47 Å². The molecule has 0 aliphatic carbocycles. The second kappa shape index (κ2) is 12.6. The van der Waals surface area contributed by atoms with Gasteiger partial charge in [0.2, 0.25) is 0 Å². The van der Waals surface area contributed by atoms with Crippen LogP contribution < -0.4 is 29.9 Å². The highest BCUT2D eigenvalue weighted by Crippen LogP contribution is 2.30. The van der Waals surface area contributed by atoms with E-state index in [1.54, 1.807) is 14.2 Å². The van der Waals surface area contributed by atoms with Gasteiger partial charge in [0.1, 0.15) is 17.3 Å². The summed E-state index contributed by atoms with van der Waals surface area (Å²) in [6.07, 6.45) is 2.84. The first-order chi connectivity index (χ1) is 15.0. The molecule has 3 rings (SSSR count). The summed E-state index contributed by atoms with van der Waals surface area (Å²) in [6.45, 7) is 5.30. The van der Waals surface area contributed by atoms with Crippen molar-refractivity contribution in [2.24, 2.45) is 4.99 Å². The fourth-order valence-electron chi connectivity index (χ4n) is 3.72. The van der Waals surface area contributed by atoms with Crippen molar-refractivity contribution in [3.05, 3.63) is 42.1 Å². The van der Waals surface area contributed by atoms with E-state index >= 15 is 0 Å². The molecule has 176 valence electrons. The smallest absolute Gasteiger partial charge is 0.191 e. The van der Waals surface area contributed by atoms with Gasteiger partial charge in [-0.3, -0.25) is 0 Å². The standard InChI is InChI=1S/C23H34N6O2.HI/c1-6-24-23(26-15-17-8-7-10-25-22(17)28(2)3)27-18-9-11-29(16-18)19-12-20(30-4)14-21(13-19)31-5;/h7-8,10,12-14,18H,6,9,11,15-16H2,1-5H3,(H2,24,26,27);1H. The van der Waals surface area contributed by atoms with Crippen molar-refractivity contribution in [1.82, 2.24) is 15.6 Å². The maximum Gasteiger partial charge on any atom is 0.191 e. The van der Waals surface area contributed by atoms with Crippen LogP contribution in [0.2, 0.25) is 0 Å². The minimum atomic E-state index is 0. The molecule has 1 atom stereocenters. The Labute approximate surface area is 208 Å². The topological polar surface area (TPSA) is 74.3 Å². The second-order valence-corrected chi connectivity index (χ2v) is 7.72. The van der Waals surface area contributed by atoms with Crippen LogP contribution in [-0.2, 0) is 6.54 Å². The average Bonchev–Trinajstić information content (AvgIpc) is 3.26. The van der Waals surface area contributed by atoms with Gasteiger partial charge in [-0.15, -0.1) is 24.0 Å². The van der Waals surface area contributed by atoms with Crippen LogP contribution in [0.5, 0.6) is 11.5 Å². The number of aromatic nitrogens is 1. The predicted octanol–water partition coefficient (Wildman–Crippen LogP) is 3.12. The van der Waals surface area contributed by atoms with Crippen LogP contribution in [0.3, 0.4) is 0 Å². The van der Waals surface area contributed by atoms with Crippen molar-refractivity contribution in [3.63, 3.8) is 0 Å². The van der Waals surface area contributed by atoms with Gasteiger partial charge < -0.3 is 29.9 Å². The molecule has 2 heterocycles. The highest BCUT2D eigenvalue weighted by atomic mass is 127. The minimum Gasteiger partial charge on any atom is -0.497 e. The van der Waals surface area contributed by atoms with E-state index in [0.29, 0.717) is 12.6 Å². The number of pyridine rings is 1. The summed E-state index contributed by atoms with van der Waals surface area (Å²) >= 11 is 0. The summed E-state index contributed by atoms with van der Waals surface area (Å²) in [7, 11) is 7.35. The molecule has 32 heavy (non-hydrogen) atoms. The van der Waals surface area contributed by atoms with Crippen LogP contribution in [0.4, 0.5) is 11.5 Å². The highest BCUT2D eigenvalue weighted by molar-refractivity contribution is 14.0. The van der Waals surface area contributed by atoms with E-state index in [9.17, 15) is 0 Å². The molecule has 0 spiro atoms. The van der Waals surface area contributed by atoms with Crippen molar-refractivity contribution in [3.8, 4) is 11.5 Å². The molecule has 1 aromatic heterocycles. The Morgan fingerprint density at radius 1 is 1.22 bits per heavy atom.